The van der Waals surface area contributed by atoms with Crippen molar-refractivity contribution in [2.24, 2.45) is 10.8 Å². The molecule has 0 atom stereocenters. The summed E-state index contributed by atoms with van der Waals surface area (Å²) in [6.45, 7) is 3.58. The van der Waals surface area contributed by atoms with Gasteiger partial charge in [0.25, 0.3) is 0 Å². The molecule has 5 heteroatoms. The van der Waals surface area contributed by atoms with Gasteiger partial charge in [-0.15, -0.1) is 0 Å². The van der Waals surface area contributed by atoms with Crippen LogP contribution in [0.25, 0.3) is 0 Å². The van der Waals surface area contributed by atoms with Crippen molar-refractivity contribution >= 4 is 5.96 Å². The highest BCUT2D eigenvalue weighted by Gasteiger charge is 2.06. The molecule has 90 valence electrons. The first-order valence-corrected chi connectivity index (χ1v) is 5.52. The van der Waals surface area contributed by atoms with E-state index in [1.54, 1.807) is 6.26 Å². The van der Waals surface area contributed by atoms with Crippen molar-refractivity contribution in [3.63, 3.8) is 0 Å². The van der Waals surface area contributed by atoms with Crippen molar-refractivity contribution in [3.8, 4) is 0 Å². The minimum absolute atomic E-state index is 0.655. The fraction of sp³-hybridized carbons (Fsp3) is 0.545. The van der Waals surface area contributed by atoms with E-state index in [2.05, 4.69) is 17.3 Å². The Kier molecular flexibility index (Phi) is 5.42. The first-order chi connectivity index (χ1) is 7.77. The smallest absolute Gasteiger partial charge is 0.208 e. The van der Waals surface area contributed by atoms with Gasteiger partial charge in [0, 0.05) is 13.6 Å². The molecule has 0 aliphatic heterocycles. The summed E-state index contributed by atoms with van der Waals surface area (Å²) in [6, 6.07) is 3.80. The topological polar surface area (TPSA) is 66.8 Å². The van der Waals surface area contributed by atoms with Gasteiger partial charge in [0.15, 0.2) is 0 Å². The Morgan fingerprint density at radius 1 is 1.62 bits per heavy atom. The Morgan fingerprint density at radius 3 is 3.00 bits per heavy atom. The van der Waals surface area contributed by atoms with Crippen LogP contribution >= 0.6 is 0 Å². The van der Waals surface area contributed by atoms with E-state index in [4.69, 9.17) is 10.3 Å². The lowest BCUT2D eigenvalue weighted by Crippen LogP contribution is -2.42. The molecule has 0 saturated heterocycles. The van der Waals surface area contributed by atoms with Crippen LogP contribution < -0.4 is 11.3 Å². The molecule has 3 N–H and O–H groups in total. The van der Waals surface area contributed by atoms with Gasteiger partial charge in [-0.2, -0.15) is 0 Å². The van der Waals surface area contributed by atoms with E-state index in [0.717, 1.165) is 25.1 Å². The summed E-state index contributed by atoms with van der Waals surface area (Å²) in [5.74, 6) is 7.01. The quantitative estimate of drug-likeness (QED) is 0.260. The molecule has 0 aromatic carbocycles. The van der Waals surface area contributed by atoms with Crippen LogP contribution in [-0.4, -0.2) is 24.5 Å². The summed E-state index contributed by atoms with van der Waals surface area (Å²) >= 11 is 0. The Bertz CT molecular complexity index is 308. The van der Waals surface area contributed by atoms with Crippen LogP contribution in [-0.2, 0) is 6.54 Å². The van der Waals surface area contributed by atoms with Crippen LogP contribution in [0.2, 0.25) is 0 Å². The Labute approximate surface area is 96.3 Å². The second kappa shape index (κ2) is 6.90. The fourth-order valence-electron chi connectivity index (χ4n) is 1.33. The summed E-state index contributed by atoms with van der Waals surface area (Å²) in [6.07, 6.45) is 3.86. The van der Waals surface area contributed by atoms with Crippen molar-refractivity contribution in [1.29, 1.82) is 0 Å². The van der Waals surface area contributed by atoms with Crippen LogP contribution in [0.4, 0.5) is 0 Å². The Balaban J connectivity index is 2.48. The molecular formula is C11H20N4O. The molecule has 5 nitrogen and oxygen atoms in total. The van der Waals surface area contributed by atoms with Crippen LogP contribution in [0.1, 0.15) is 25.5 Å². The average Bonchev–Trinajstić information content (AvgIpc) is 2.77. The lowest BCUT2D eigenvalue weighted by Gasteiger charge is -2.19. The number of nitrogens with zero attached hydrogens (tertiary/aromatic N) is 2. The van der Waals surface area contributed by atoms with Gasteiger partial charge >= 0.3 is 0 Å². The number of nitrogens with two attached hydrogens (primary N) is 1. The maximum absolute atomic E-state index is 5.43. The van der Waals surface area contributed by atoms with Crippen LogP contribution in [0.15, 0.2) is 27.8 Å². The first-order valence-electron chi connectivity index (χ1n) is 5.52. The van der Waals surface area contributed by atoms with Gasteiger partial charge in [0.2, 0.25) is 5.96 Å². The van der Waals surface area contributed by atoms with E-state index in [-0.39, 0.29) is 0 Å². The molecule has 0 spiro atoms. The van der Waals surface area contributed by atoms with Crippen molar-refractivity contribution < 1.29 is 4.42 Å². The first kappa shape index (κ1) is 12.6. The largest absolute Gasteiger partial charge is 0.467 e. The van der Waals surface area contributed by atoms with E-state index in [1.807, 2.05) is 24.1 Å². The Hall–Kier alpha value is -1.49. The highest BCUT2D eigenvalue weighted by Crippen LogP contribution is 2.03. The van der Waals surface area contributed by atoms with Gasteiger partial charge in [-0.1, -0.05) is 13.3 Å². The van der Waals surface area contributed by atoms with E-state index >= 15 is 0 Å². The number of aliphatic imine (C=N–C) groups is 1. The van der Waals surface area contributed by atoms with Crippen molar-refractivity contribution in [2.45, 2.75) is 26.3 Å². The maximum Gasteiger partial charge on any atom is 0.208 e. The minimum atomic E-state index is 0.655. The zero-order chi connectivity index (χ0) is 11.8. The van der Waals surface area contributed by atoms with Gasteiger partial charge in [-0.25, -0.2) is 5.84 Å². The highest BCUT2D eigenvalue weighted by molar-refractivity contribution is 5.79. The lowest BCUT2D eigenvalue weighted by atomic mass is 10.3. The standard InChI is InChI=1S/C11H20N4O/c1-3-4-7-13-11(14-12)15(2)9-10-6-5-8-16-10/h5-6,8H,3-4,7,9,12H2,1-2H3,(H,13,14). The molecule has 1 aromatic heterocycles. The maximum atomic E-state index is 5.43. The molecule has 0 unspecified atom stereocenters. The third-order valence-electron chi connectivity index (χ3n) is 2.24. The van der Waals surface area contributed by atoms with Crippen LogP contribution in [0.5, 0.6) is 0 Å². The SMILES string of the molecule is CCCCN=C(NN)N(C)Cc1ccco1. The zero-order valence-corrected chi connectivity index (χ0v) is 9.94. The Morgan fingerprint density at radius 2 is 2.44 bits per heavy atom. The number of hydrazine groups is 1. The highest BCUT2D eigenvalue weighted by atomic mass is 16.3. The summed E-state index contributed by atoms with van der Waals surface area (Å²) in [5.41, 5.74) is 2.61. The number of hydrogen-bond donors (Lipinski definition) is 2. The fourth-order valence-corrected chi connectivity index (χ4v) is 1.33. The third-order valence-corrected chi connectivity index (χ3v) is 2.24. The van der Waals surface area contributed by atoms with Crippen molar-refractivity contribution in [2.75, 3.05) is 13.6 Å². The van der Waals surface area contributed by atoms with E-state index in [1.165, 1.54) is 0 Å². The van der Waals surface area contributed by atoms with Crippen LogP contribution in [0.3, 0.4) is 0 Å². The number of hydrogen-bond acceptors (Lipinski definition) is 3. The monoisotopic (exact) mass is 224 g/mol. The minimum Gasteiger partial charge on any atom is -0.467 e. The summed E-state index contributed by atoms with van der Waals surface area (Å²) in [5, 5.41) is 0. The second-order valence-corrected chi connectivity index (χ2v) is 3.64. The number of unbranched alkanes of at least 4 members (excludes halogenated alkanes) is 1. The van der Waals surface area contributed by atoms with Gasteiger partial charge < -0.3 is 9.32 Å². The normalized spacial score (nSPS) is 11.6. The molecule has 1 heterocycles. The molecule has 0 aliphatic carbocycles. The molecule has 16 heavy (non-hydrogen) atoms. The predicted molar refractivity (Wildman–Crippen MR) is 64.7 cm³/mol. The van der Waals surface area contributed by atoms with Gasteiger partial charge in [-0.3, -0.25) is 10.4 Å². The number of guanidine groups is 1. The number of furan rings is 1. The lowest BCUT2D eigenvalue weighted by molar-refractivity contribution is 0.400. The van der Waals surface area contributed by atoms with Crippen LogP contribution in [0, 0.1) is 0 Å². The summed E-state index contributed by atoms with van der Waals surface area (Å²) in [7, 11) is 1.92. The number of nitrogens with one attached hydrogen (secondary N) is 1. The van der Waals surface area contributed by atoms with Crippen molar-refractivity contribution in [1.82, 2.24) is 10.3 Å². The summed E-state index contributed by atoms with van der Waals surface area (Å²) in [4.78, 5) is 6.30. The zero-order valence-electron chi connectivity index (χ0n) is 9.94. The molecule has 1 aromatic rings. The van der Waals surface area contributed by atoms with Gasteiger partial charge in [0.05, 0.1) is 12.8 Å². The predicted octanol–water partition coefficient (Wildman–Crippen LogP) is 1.33. The molecule has 0 aliphatic rings. The van der Waals surface area contributed by atoms with E-state index < -0.39 is 0 Å². The van der Waals surface area contributed by atoms with E-state index in [9.17, 15) is 0 Å². The molecule has 0 fully saturated rings. The molecule has 0 radical (unpaired) electrons. The molecular weight excluding hydrogens is 204 g/mol. The van der Waals surface area contributed by atoms with Gasteiger partial charge in [0.1, 0.15) is 5.76 Å². The summed E-state index contributed by atoms with van der Waals surface area (Å²) < 4.78 is 5.26. The average molecular weight is 224 g/mol. The van der Waals surface area contributed by atoms with Gasteiger partial charge in [-0.05, 0) is 18.6 Å². The second-order valence-electron chi connectivity index (χ2n) is 3.64. The van der Waals surface area contributed by atoms with Crippen molar-refractivity contribution in [3.05, 3.63) is 24.2 Å². The molecule has 1 rings (SSSR count). The third kappa shape index (κ3) is 3.94. The van der Waals surface area contributed by atoms with E-state index in [0.29, 0.717) is 12.5 Å². The molecule has 0 amide bonds. The molecule has 0 saturated carbocycles. The molecule has 0 bridgehead atoms. The number of rotatable bonds is 5.